The average Bonchev–Trinajstić information content (AvgIpc) is 2.82. The van der Waals surface area contributed by atoms with Crippen LogP contribution < -0.4 is 19.5 Å². The molecule has 0 bridgehead atoms. The quantitative estimate of drug-likeness (QED) is 0.527. The number of para-hydroxylation sites is 1. The molecule has 7 heteroatoms. The number of benzene rings is 3. The lowest BCUT2D eigenvalue weighted by molar-refractivity contribution is -0.149. The van der Waals surface area contributed by atoms with Gasteiger partial charge in [0.05, 0.1) is 19.9 Å². The number of amides is 1. The van der Waals surface area contributed by atoms with Crippen LogP contribution in [0.3, 0.4) is 0 Å². The second-order valence-corrected chi connectivity index (χ2v) is 6.43. The molecule has 1 amide bonds. The fourth-order valence-electron chi connectivity index (χ4n) is 2.86. The molecule has 3 aromatic rings. The second-order valence-electron chi connectivity index (χ2n) is 6.43. The zero-order valence-corrected chi connectivity index (χ0v) is 17.3. The van der Waals surface area contributed by atoms with E-state index in [1.165, 1.54) is 14.2 Å². The first kappa shape index (κ1) is 21.7. The summed E-state index contributed by atoms with van der Waals surface area (Å²) >= 11 is 0. The Labute approximate surface area is 180 Å². The van der Waals surface area contributed by atoms with Crippen LogP contribution in [0.1, 0.15) is 0 Å². The van der Waals surface area contributed by atoms with E-state index in [9.17, 15) is 9.59 Å². The summed E-state index contributed by atoms with van der Waals surface area (Å²) in [4.78, 5) is 24.2. The van der Waals surface area contributed by atoms with Crippen LogP contribution in [-0.4, -0.2) is 39.3 Å². The van der Waals surface area contributed by atoms with Crippen molar-refractivity contribution in [3.05, 3.63) is 72.8 Å². The first-order chi connectivity index (χ1) is 15.1. The summed E-state index contributed by atoms with van der Waals surface area (Å²) in [5.74, 6) is 0.424. The average molecular weight is 421 g/mol. The molecule has 0 saturated carbocycles. The van der Waals surface area contributed by atoms with Gasteiger partial charge < -0.3 is 24.3 Å². The lowest BCUT2D eigenvalue weighted by Crippen LogP contribution is -2.24. The fraction of sp³-hybridized carbons (Fsp3) is 0.167. The van der Waals surface area contributed by atoms with Gasteiger partial charge in [-0.25, -0.2) is 4.79 Å². The largest absolute Gasteiger partial charge is 0.497 e. The smallest absolute Gasteiger partial charge is 0.344 e. The topological polar surface area (TPSA) is 83.1 Å². The third kappa shape index (κ3) is 5.99. The van der Waals surface area contributed by atoms with Crippen LogP contribution in [-0.2, 0) is 14.3 Å². The predicted octanol–water partition coefficient (Wildman–Crippen LogP) is 3.93. The maximum absolute atomic E-state index is 12.1. The van der Waals surface area contributed by atoms with E-state index in [4.69, 9.17) is 18.9 Å². The van der Waals surface area contributed by atoms with Gasteiger partial charge in [-0.1, -0.05) is 48.5 Å². The molecule has 1 N–H and O–H groups in total. The third-order valence-electron chi connectivity index (χ3n) is 4.36. The molecular formula is C24H23NO6. The van der Waals surface area contributed by atoms with Gasteiger partial charge in [-0.3, -0.25) is 4.79 Å². The number of hydrogen-bond donors (Lipinski definition) is 1. The summed E-state index contributed by atoms with van der Waals surface area (Å²) in [6.07, 6.45) is 0. The van der Waals surface area contributed by atoms with Crippen LogP contribution in [0.25, 0.3) is 11.1 Å². The van der Waals surface area contributed by atoms with Crippen LogP contribution in [0.5, 0.6) is 17.2 Å². The van der Waals surface area contributed by atoms with Crippen molar-refractivity contribution in [2.45, 2.75) is 0 Å². The first-order valence-electron chi connectivity index (χ1n) is 9.55. The third-order valence-corrected chi connectivity index (χ3v) is 4.36. The highest BCUT2D eigenvalue weighted by Gasteiger charge is 2.13. The standard InChI is InChI=1S/C24H23NO6/c1-28-18-12-13-20(22(14-18)29-2)25-23(26)15-31-24(27)16-30-21-11-7-6-10-19(21)17-8-4-3-5-9-17/h3-14H,15-16H2,1-2H3,(H,25,26). The Kier molecular flexibility index (Phi) is 7.48. The van der Waals surface area contributed by atoms with Crippen molar-refractivity contribution >= 4 is 17.6 Å². The van der Waals surface area contributed by atoms with E-state index in [-0.39, 0.29) is 6.61 Å². The summed E-state index contributed by atoms with van der Waals surface area (Å²) in [5, 5.41) is 2.64. The molecule has 0 saturated heterocycles. The van der Waals surface area contributed by atoms with Crippen molar-refractivity contribution in [1.29, 1.82) is 0 Å². The van der Waals surface area contributed by atoms with Crippen molar-refractivity contribution in [3.63, 3.8) is 0 Å². The van der Waals surface area contributed by atoms with Gasteiger partial charge in [0.25, 0.3) is 5.91 Å². The Morgan fingerprint density at radius 1 is 0.806 bits per heavy atom. The Balaban J connectivity index is 1.52. The van der Waals surface area contributed by atoms with Crippen molar-refractivity contribution in [1.82, 2.24) is 0 Å². The van der Waals surface area contributed by atoms with Gasteiger partial charge in [0.1, 0.15) is 17.2 Å². The maximum atomic E-state index is 12.1. The molecule has 7 nitrogen and oxygen atoms in total. The highest BCUT2D eigenvalue weighted by molar-refractivity contribution is 5.94. The number of anilines is 1. The monoisotopic (exact) mass is 421 g/mol. The molecule has 3 rings (SSSR count). The van der Waals surface area contributed by atoms with Crippen molar-refractivity contribution < 1.29 is 28.5 Å². The minimum atomic E-state index is -0.653. The number of nitrogens with one attached hydrogen (secondary N) is 1. The summed E-state index contributed by atoms with van der Waals surface area (Å²) in [5.41, 5.74) is 2.27. The molecular weight excluding hydrogens is 398 g/mol. The zero-order valence-electron chi connectivity index (χ0n) is 17.3. The molecule has 0 unspecified atom stereocenters. The van der Waals surface area contributed by atoms with Gasteiger partial charge in [0.2, 0.25) is 0 Å². The molecule has 0 atom stereocenters. The summed E-state index contributed by atoms with van der Waals surface area (Å²) in [6, 6.07) is 22.1. The van der Waals surface area contributed by atoms with Gasteiger partial charge in [-0.15, -0.1) is 0 Å². The van der Waals surface area contributed by atoms with Crippen molar-refractivity contribution in [3.8, 4) is 28.4 Å². The normalized spacial score (nSPS) is 10.1. The number of esters is 1. The molecule has 3 aromatic carbocycles. The fourth-order valence-corrected chi connectivity index (χ4v) is 2.86. The van der Waals surface area contributed by atoms with Crippen LogP contribution in [0, 0.1) is 0 Å². The highest BCUT2D eigenvalue weighted by Crippen LogP contribution is 2.30. The van der Waals surface area contributed by atoms with E-state index in [1.807, 2.05) is 48.5 Å². The van der Waals surface area contributed by atoms with Gasteiger partial charge in [0.15, 0.2) is 13.2 Å². The van der Waals surface area contributed by atoms with Gasteiger partial charge in [-0.05, 0) is 23.8 Å². The summed E-state index contributed by atoms with van der Waals surface area (Å²) in [6.45, 7) is -0.763. The molecule has 0 heterocycles. The molecule has 31 heavy (non-hydrogen) atoms. The minimum Gasteiger partial charge on any atom is -0.497 e. The molecule has 0 aliphatic heterocycles. The van der Waals surface area contributed by atoms with E-state index >= 15 is 0 Å². The predicted molar refractivity (Wildman–Crippen MR) is 117 cm³/mol. The highest BCUT2D eigenvalue weighted by atomic mass is 16.6. The molecule has 0 spiro atoms. The van der Waals surface area contributed by atoms with E-state index in [0.29, 0.717) is 22.9 Å². The Morgan fingerprint density at radius 3 is 2.29 bits per heavy atom. The number of carbonyl (C=O) groups excluding carboxylic acids is 2. The molecule has 0 aliphatic carbocycles. The van der Waals surface area contributed by atoms with E-state index in [2.05, 4.69) is 5.32 Å². The van der Waals surface area contributed by atoms with Gasteiger partial charge in [-0.2, -0.15) is 0 Å². The van der Waals surface area contributed by atoms with Crippen LogP contribution in [0.15, 0.2) is 72.8 Å². The number of methoxy groups -OCH3 is 2. The van der Waals surface area contributed by atoms with E-state index < -0.39 is 18.5 Å². The zero-order chi connectivity index (χ0) is 22.1. The lowest BCUT2D eigenvalue weighted by Gasteiger charge is -2.13. The van der Waals surface area contributed by atoms with Gasteiger partial charge in [0, 0.05) is 11.6 Å². The number of carbonyl (C=O) groups is 2. The van der Waals surface area contributed by atoms with Crippen LogP contribution >= 0.6 is 0 Å². The number of rotatable bonds is 9. The second kappa shape index (κ2) is 10.7. The number of ether oxygens (including phenoxy) is 4. The Bertz CT molecular complexity index is 1040. The van der Waals surface area contributed by atoms with Crippen LogP contribution in [0.4, 0.5) is 5.69 Å². The van der Waals surface area contributed by atoms with E-state index in [0.717, 1.165) is 11.1 Å². The Morgan fingerprint density at radius 2 is 1.55 bits per heavy atom. The molecule has 160 valence electrons. The van der Waals surface area contributed by atoms with Crippen LogP contribution in [0.2, 0.25) is 0 Å². The Hall–Kier alpha value is -4.00. The molecule has 0 radical (unpaired) electrons. The number of hydrogen-bond acceptors (Lipinski definition) is 6. The van der Waals surface area contributed by atoms with E-state index in [1.54, 1.807) is 24.3 Å². The summed E-state index contributed by atoms with van der Waals surface area (Å²) < 4.78 is 21.0. The summed E-state index contributed by atoms with van der Waals surface area (Å²) in [7, 11) is 3.02. The van der Waals surface area contributed by atoms with Crippen molar-refractivity contribution in [2.24, 2.45) is 0 Å². The van der Waals surface area contributed by atoms with Crippen molar-refractivity contribution in [2.75, 3.05) is 32.8 Å². The molecule has 0 fully saturated rings. The van der Waals surface area contributed by atoms with Gasteiger partial charge >= 0.3 is 5.97 Å². The molecule has 0 aliphatic rings. The lowest BCUT2D eigenvalue weighted by atomic mass is 10.1. The maximum Gasteiger partial charge on any atom is 0.344 e. The first-order valence-corrected chi connectivity index (χ1v) is 9.55. The minimum absolute atomic E-state index is 0.316. The molecule has 0 aromatic heterocycles. The SMILES string of the molecule is COc1ccc(NC(=O)COC(=O)COc2ccccc2-c2ccccc2)c(OC)c1.